The van der Waals surface area contributed by atoms with Crippen LogP contribution in [0.25, 0.3) is 0 Å². The summed E-state index contributed by atoms with van der Waals surface area (Å²) >= 11 is 3.48. The molecule has 1 atom stereocenters. The second-order valence-corrected chi connectivity index (χ2v) is 4.58. The van der Waals surface area contributed by atoms with Crippen LogP contribution in [-0.2, 0) is 4.79 Å². The molecule has 0 heterocycles. The second kappa shape index (κ2) is 5.89. The minimum Gasteiger partial charge on any atom is -0.481 e. The Balaban J connectivity index is 2.83. The van der Waals surface area contributed by atoms with E-state index >= 15 is 0 Å². The van der Waals surface area contributed by atoms with Crippen LogP contribution in [0.4, 0.5) is 5.69 Å². The minimum absolute atomic E-state index is 0.368. The summed E-state index contributed by atoms with van der Waals surface area (Å²) < 4.78 is 0.995. The summed E-state index contributed by atoms with van der Waals surface area (Å²) in [7, 11) is 0. The molecule has 1 aromatic rings. The first-order chi connectivity index (χ1) is 7.56. The van der Waals surface area contributed by atoms with E-state index in [1.54, 1.807) is 6.92 Å². The molecule has 0 aliphatic carbocycles. The van der Waals surface area contributed by atoms with Gasteiger partial charge in [0.05, 0.1) is 11.6 Å². The highest BCUT2D eigenvalue weighted by atomic mass is 79.9. The van der Waals surface area contributed by atoms with Crippen LogP contribution in [0.2, 0.25) is 0 Å². The third-order valence-corrected chi connectivity index (χ3v) is 3.16. The van der Waals surface area contributed by atoms with Gasteiger partial charge in [-0.25, -0.2) is 0 Å². The minimum atomic E-state index is -0.759. The van der Waals surface area contributed by atoms with Gasteiger partial charge in [0.15, 0.2) is 0 Å². The molecule has 1 unspecified atom stereocenters. The Bertz CT molecular complexity index is 368. The van der Waals surface area contributed by atoms with Gasteiger partial charge in [-0.2, -0.15) is 0 Å². The number of carboxylic acids is 1. The summed E-state index contributed by atoms with van der Waals surface area (Å²) in [6.07, 6.45) is 0. The molecule has 0 saturated heterocycles. The highest BCUT2D eigenvalue weighted by Gasteiger charge is 2.16. The summed E-state index contributed by atoms with van der Waals surface area (Å²) in [4.78, 5) is 12.9. The molecule has 1 N–H and O–H groups in total. The van der Waals surface area contributed by atoms with Gasteiger partial charge >= 0.3 is 5.97 Å². The fourth-order valence-electron chi connectivity index (χ4n) is 1.51. The molecule has 1 rings (SSSR count). The van der Waals surface area contributed by atoms with Crippen LogP contribution in [0.5, 0.6) is 0 Å². The van der Waals surface area contributed by atoms with Crippen LogP contribution in [0, 0.1) is 5.92 Å². The number of anilines is 1. The molecule has 0 spiro atoms. The van der Waals surface area contributed by atoms with Gasteiger partial charge in [0.1, 0.15) is 0 Å². The number of carbonyl (C=O) groups is 1. The molecule has 0 fully saturated rings. The van der Waals surface area contributed by atoms with Gasteiger partial charge in [-0.1, -0.05) is 19.1 Å². The van der Waals surface area contributed by atoms with Crippen molar-refractivity contribution in [1.82, 2.24) is 0 Å². The maximum atomic E-state index is 10.8. The number of benzene rings is 1. The third-order valence-electron chi connectivity index (χ3n) is 2.49. The smallest absolute Gasteiger partial charge is 0.308 e. The van der Waals surface area contributed by atoms with Gasteiger partial charge in [0.2, 0.25) is 0 Å². The second-order valence-electron chi connectivity index (χ2n) is 3.73. The Morgan fingerprint density at radius 3 is 2.62 bits per heavy atom. The molecule has 0 radical (unpaired) electrons. The van der Waals surface area contributed by atoms with Crippen molar-refractivity contribution >= 4 is 27.6 Å². The predicted molar refractivity (Wildman–Crippen MR) is 68.8 cm³/mol. The van der Waals surface area contributed by atoms with Crippen molar-refractivity contribution in [2.24, 2.45) is 5.92 Å². The molecule has 4 heteroatoms. The molecule has 0 bridgehead atoms. The average molecular weight is 286 g/mol. The van der Waals surface area contributed by atoms with E-state index in [4.69, 9.17) is 5.11 Å². The van der Waals surface area contributed by atoms with E-state index in [0.717, 1.165) is 16.7 Å². The third kappa shape index (κ3) is 3.23. The van der Waals surface area contributed by atoms with Gasteiger partial charge < -0.3 is 10.0 Å². The lowest BCUT2D eigenvalue weighted by Gasteiger charge is -2.26. The van der Waals surface area contributed by atoms with Gasteiger partial charge in [0, 0.05) is 17.6 Å². The average Bonchev–Trinajstić information content (AvgIpc) is 2.26. The fraction of sp³-hybridized carbons (Fsp3) is 0.417. The van der Waals surface area contributed by atoms with Crippen molar-refractivity contribution in [3.8, 4) is 0 Å². The quantitative estimate of drug-likeness (QED) is 0.904. The van der Waals surface area contributed by atoms with E-state index in [1.165, 1.54) is 0 Å². The van der Waals surface area contributed by atoms with Crippen LogP contribution in [0.15, 0.2) is 28.7 Å². The fourth-order valence-corrected chi connectivity index (χ4v) is 2.05. The molecule has 1 aromatic carbocycles. The molecule has 16 heavy (non-hydrogen) atoms. The summed E-state index contributed by atoms with van der Waals surface area (Å²) in [5.41, 5.74) is 1.04. The number of carboxylic acid groups (broad SMARTS) is 1. The standard InChI is InChI=1S/C12H16BrNO2/c1-3-14(8-9(2)12(15)16)11-7-5-4-6-10(11)13/h4-7,9H,3,8H2,1-2H3,(H,15,16). The van der Waals surface area contributed by atoms with Crippen LogP contribution in [-0.4, -0.2) is 24.2 Å². The topological polar surface area (TPSA) is 40.5 Å². The number of para-hydroxylation sites is 1. The van der Waals surface area contributed by atoms with Crippen molar-refractivity contribution in [2.75, 3.05) is 18.0 Å². The zero-order valence-corrected chi connectivity index (χ0v) is 11.1. The maximum Gasteiger partial charge on any atom is 0.308 e. The first-order valence-electron chi connectivity index (χ1n) is 5.28. The van der Waals surface area contributed by atoms with Gasteiger partial charge in [-0.05, 0) is 35.0 Å². The van der Waals surface area contributed by atoms with E-state index in [0.29, 0.717) is 6.54 Å². The highest BCUT2D eigenvalue weighted by Crippen LogP contribution is 2.26. The molecular formula is C12H16BrNO2. The largest absolute Gasteiger partial charge is 0.481 e. The Hall–Kier alpha value is -1.03. The lowest BCUT2D eigenvalue weighted by Crippen LogP contribution is -2.31. The zero-order chi connectivity index (χ0) is 12.1. The van der Waals surface area contributed by atoms with E-state index < -0.39 is 5.97 Å². The molecule has 0 aliphatic rings. The van der Waals surface area contributed by atoms with Gasteiger partial charge in [0.25, 0.3) is 0 Å². The molecule has 0 aliphatic heterocycles. The molecule has 0 saturated carbocycles. The lowest BCUT2D eigenvalue weighted by atomic mass is 10.1. The summed E-state index contributed by atoms with van der Waals surface area (Å²) in [5, 5.41) is 8.90. The van der Waals surface area contributed by atoms with Crippen LogP contribution in [0.3, 0.4) is 0 Å². The number of rotatable bonds is 5. The Kier molecular flexibility index (Phi) is 4.80. The molecule has 0 aromatic heterocycles. The normalized spacial score (nSPS) is 12.2. The van der Waals surface area contributed by atoms with Crippen LogP contribution in [0.1, 0.15) is 13.8 Å². The zero-order valence-electron chi connectivity index (χ0n) is 9.48. The summed E-state index contributed by atoms with van der Waals surface area (Å²) in [5.74, 6) is -1.13. The summed E-state index contributed by atoms with van der Waals surface area (Å²) in [6, 6.07) is 7.85. The van der Waals surface area contributed by atoms with Crippen molar-refractivity contribution in [3.63, 3.8) is 0 Å². The number of hydrogen-bond donors (Lipinski definition) is 1. The van der Waals surface area contributed by atoms with Crippen molar-refractivity contribution < 1.29 is 9.90 Å². The monoisotopic (exact) mass is 285 g/mol. The predicted octanol–water partition coefficient (Wildman–Crippen LogP) is 3.00. The van der Waals surface area contributed by atoms with Gasteiger partial charge in [-0.3, -0.25) is 4.79 Å². The Labute approximate surface area is 104 Å². The Morgan fingerprint density at radius 1 is 1.50 bits per heavy atom. The van der Waals surface area contributed by atoms with E-state index in [1.807, 2.05) is 31.2 Å². The van der Waals surface area contributed by atoms with Gasteiger partial charge in [-0.15, -0.1) is 0 Å². The van der Waals surface area contributed by atoms with Crippen molar-refractivity contribution in [3.05, 3.63) is 28.7 Å². The number of hydrogen-bond acceptors (Lipinski definition) is 2. The van der Waals surface area contributed by atoms with E-state index in [2.05, 4.69) is 20.8 Å². The van der Waals surface area contributed by atoms with E-state index in [-0.39, 0.29) is 5.92 Å². The summed E-state index contributed by atoms with van der Waals surface area (Å²) in [6.45, 7) is 5.06. The lowest BCUT2D eigenvalue weighted by molar-refractivity contribution is -0.140. The maximum absolute atomic E-state index is 10.8. The van der Waals surface area contributed by atoms with Crippen molar-refractivity contribution in [2.45, 2.75) is 13.8 Å². The molecule has 88 valence electrons. The molecule has 0 amide bonds. The SMILES string of the molecule is CCN(CC(C)C(=O)O)c1ccccc1Br. The van der Waals surface area contributed by atoms with Crippen molar-refractivity contribution in [1.29, 1.82) is 0 Å². The van der Waals surface area contributed by atoms with E-state index in [9.17, 15) is 4.79 Å². The van der Waals surface area contributed by atoms with Crippen LogP contribution < -0.4 is 4.90 Å². The number of aliphatic carboxylic acids is 1. The highest BCUT2D eigenvalue weighted by molar-refractivity contribution is 9.10. The molecule has 3 nitrogen and oxygen atoms in total. The molecular weight excluding hydrogens is 270 g/mol. The Morgan fingerprint density at radius 2 is 2.12 bits per heavy atom. The van der Waals surface area contributed by atoms with Crippen LogP contribution >= 0.6 is 15.9 Å². The number of halogens is 1. The first-order valence-corrected chi connectivity index (χ1v) is 6.07. The number of nitrogens with zero attached hydrogens (tertiary/aromatic N) is 1. The first kappa shape index (κ1) is 13.0.